The highest BCUT2D eigenvalue weighted by atomic mass is 16.3. The first-order valence-electron chi connectivity index (χ1n) is 8.57. The van der Waals surface area contributed by atoms with Crippen LogP contribution in [0.25, 0.3) is 11.3 Å². The fourth-order valence-electron chi connectivity index (χ4n) is 2.64. The van der Waals surface area contributed by atoms with Gasteiger partial charge in [-0.15, -0.1) is 0 Å². The predicted molar refractivity (Wildman–Crippen MR) is 105 cm³/mol. The molecule has 26 heavy (non-hydrogen) atoms. The molecule has 3 N–H and O–H groups in total. The number of aliphatic hydroxyl groups excluding tert-OH is 1. The minimum Gasteiger partial charge on any atom is -0.394 e. The minimum atomic E-state index is -0.146. The van der Waals surface area contributed by atoms with Gasteiger partial charge in [-0.1, -0.05) is 18.2 Å². The number of nitrogens with zero attached hydrogens (tertiary/aromatic N) is 3. The number of rotatable bonds is 6. The van der Waals surface area contributed by atoms with E-state index in [-0.39, 0.29) is 12.6 Å². The first kappa shape index (κ1) is 17.8. The minimum absolute atomic E-state index is 0.000142. The number of aryl methyl sites for hydroxylation is 2. The Kier molecular flexibility index (Phi) is 5.43. The molecule has 0 saturated heterocycles. The van der Waals surface area contributed by atoms with E-state index in [2.05, 4.69) is 51.6 Å². The summed E-state index contributed by atoms with van der Waals surface area (Å²) in [6, 6.07) is 11.7. The van der Waals surface area contributed by atoms with E-state index in [1.807, 2.05) is 31.2 Å². The van der Waals surface area contributed by atoms with Crippen molar-refractivity contribution in [3.05, 3.63) is 59.9 Å². The molecule has 1 atom stereocenters. The Morgan fingerprint density at radius 3 is 2.50 bits per heavy atom. The van der Waals surface area contributed by atoms with Gasteiger partial charge < -0.3 is 15.7 Å². The van der Waals surface area contributed by atoms with Crippen LogP contribution in [-0.4, -0.2) is 32.7 Å². The van der Waals surface area contributed by atoms with Crippen LogP contribution in [0.3, 0.4) is 0 Å². The van der Waals surface area contributed by atoms with Gasteiger partial charge in [0.1, 0.15) is 5.82 Å². The van der Waals surface area contributed by atoms with E-state index < -0.39 is 0 Å². The molecule has 6 heteroatoms. The molecule has 2 aromatic heterocycles. The van der Waals surface area contributed by atoms with Gasteiger partial charge in [-0.2, -0.15) is 4.98 Å². The van der Waals surface area contributed by atoms with Crippen LogP contribution in [0, 0.1) is 13.8 Å². The normalized spacial score (nSPS) is 11.8. The van der Waals surface area contributed by atoms with Crippen LogP contribution in [-0.2, 0) is 0 Å². The Morgan fingerprint density at radius 2 is 1.85 bits per heavy atom. The van der Waals surface area contributed by atoms with Crippen molar-refractivity contribution in [3.63, 3.8) is 0 Å². The largest absolute Gasteiger partial charge is 0.394 e. The molecule has 0 amide bonds. The molecule has 0 unspecified atom stereocenters. The molecular weight excluding hydrogens is 326 g/mol. The van der Waals surface area contributed by atoms with Gasteiger partial charge in [-0.25, -0.2) is 4.98 Å². The summed E-state index contributed by atoms with van der Waals surface area (Å²) in [5, 5.41) is 15.8. The Balaban J connectivity index is 2.02. The van der Waals surface area contributed by atoms with Gasteiger partial charge in [0.05, 0.1) is 12.3 Å². The summed E-state index contributed by atoms with van der Waals surface area (Å²) in [5.74, 6) is 1.14. The van der Waals surface area contributed by atoms with E-state index >= 15 is 0 Å². The van der Waals surface area contributed by atoms with Crippen LogP contribution < -0.4 is 10.6 Å². The van der Waals surface area contributed by atoms with Crippen LogP contribution in [0.2, 0.25) is 0 Å². The summed E-state index contributed by atoms with van der Waals surface area (Å²) >= 11 is 0. The smallest absolute Gasteiger partial charge is 0.225 e. The SMILES string of the molecule is Cc1cccc(C)c1Nc1cc(-c2cccnc2)nc(N[C@@H](C)CO)n1. The number of hydrogen-bond donors (Lipinski definition) is 3. The molecule has 0 bridgehead atoms. The topological polar surface area (TPSA) is 83.0 Å². The molecule has 0 fully saturated rings. The molecule has 0 aliphatic rings. The maximum Gasteiger partial charge on any atom is 0.225 e. The van der Waals surface area contributed by atoms with E-state index in [9.17, 15) is 5.11 Å². The van der Waals surface area contributed by atoms with Crippen molar-refractivity contribution in [2.75, 3.05) is 17.2 Å². The molecule has 0 saturated carbocycles. The Bertz CT molecular complexity index is 862. The first-order valence-corrected chi connectivity index (χ1v) is 8.57. The fourth-order valence-corrected chi connectivity index (χ4v) is 2.64. The fraction of sp³-hybridized carbons (Fsp3) is 0.250. The number of pyridine rings is 1. The number of para-hydroxylation sites is 1. The van der Waals surface area contributed by atoms with Gasteiger partial charge in [-0.3, -0.25) is 4.98 Å². The summed E-state index contributed by atoms with van der Waals surface area (Å²) in [6.45, 7) is 6.00. The molecular formula is C20H23N5O. The number of anilines is 3. The van der Waals surface area contributed by atoms with Gasteiger partial charge in [0.2, 0.25) is 5.95 Å². The molecule has 0 aliphatic heterocycles. The summed E-state index contributed by atoms with van der Waals surface area (Å²) in [7, 11) is 0. The highest BCUT2D eigenvalue weighted by Gasteiger charge is 2.11. The maximum absolute atomic E-state index is 9.32. The van der Waals surface area contributed by atoms with E-state index in [0.29, 0.717) is 11.8 Å². The van der Waals surface area contributed by atoms with Crippen molar-refractivity contribution in [3.8, 4) is 11.3 Å². The predicted octanol–water partition coefficient (Wildman–Crippen LogP) is 3.69. The number of aliphatic hydroxyl groups is 1. The summed E-state index contributed by atoms with van der Waals surface area (Å²) in [4.78, 5) is 13.3. The van der Waals surface area contributed by atoms with Crippen LogP contribution >= 0.6 is 0 Å². The Hall–Kier alpha value is -2.99. The molecule has 0 spiro atoms. The molecule has 0 radical (unpaired) electrons. The third-order valence-electron chi connectivity index (χ3n) is 4.07. The lowest BCUT2D eigenvalue weighted by Gasteiger charge is -2.16. The number of aromatic nitrogens is 3. The zero-order chi connectivity index (χ0) is 18.5. The molecule has 2 heterocycles. The van der Waals surface area contributed by atoms with Gasteiger partial charge >= 0.3 is 0 Å². The van der Waals surface area contributed by atoms with Crippen LogP contribution in [0.5, 0.6) is 0 Å². The van der Waals surface area contributed by atoms with E-state index in [1.165, 1.54) is 0 Å². The molecule has 6 nitrogen and oxygen atoms in total. The second-order valence-electron chi connectivity index (χ2n) is 6.32. The maximum atomic E-state index is 9.32. The molecule has 3 aromatic rings. The lowest BCUT2D eigenvalue weighted by molar-refractivity contribution is 0.281. The molecule has 134 valence electrons. The Morgan fingerprint density at radius 1 is 1.08 bits per heavy atom. The summed E-state index contributed by atoms with van der Waals surface area (Å²) in [6.07, 6.45) is 3.50. The van der Waals surface area contributed by atoms with Crippen LogP contribution in [0.15, 0.2) is 48.8 Å². The highest BCUT2D eigenvalue weighted by Crippen LogP contribution is 2.27. The average molecular weight is 349 g/mol. The third-order valence-corrected chi connectivity index (χ3v) is 4.07. The van der Waals surface area contributed by atoms with Crippen molar-refractivity contribution in [2.45, 2.75) is 26.8 Å². The van der Waals surface area contributed by atoms with Crippen molar-refractivity contribution >= 4 is 17.5 Å². The highest BCUT2D eigenvalue weighted by molar-refractivity contribution is 5.69. The van der Waals surface area contributed by atoms with Crippen molar-refractivity contribution in [1.82, 2.24) is 15.0 Å². The van der Waals surface area contributed by atoms with Crippen molar-refractivity contribution in [2.24, 2.45) is 0 Å². The standard InChI is InChI=1S/C20H23N5O/c1-13-6-4-7-14(2)19(13)24-18-10-17(16-8-5-9-21-11-16)23-20(25-18)22-15(3)12-26/h4-11,15,26H,12H2,1-3H3,(H2,22,23,24,25)/t15-/m0/s1. The summed E-state index contributed by atoms with van der Waals surface area (Å²) in [5.41, 5.74) is 4.98. The molecule has 0 aliphatic carbocycles. The van der Waals surface area contributed by atoms with E-state index in [0.717, 1.165) is 28.1 Å². The average Bonchev–Trinajstić information content (AvgIpc) is 2.65. The Labute approximate surface area is 153 Å². The van der Waals surface area contributed by atoms with E-state index in [1.54, 1.807) is 12.4 Å². The molecule has 1 aromatic carbocycles. The lowest BCUT2D eigenvalue weighted by atomic mass is 10.1. The van der Waals surface area contributed by atoms with Gasteiger partial charge in [0.15, 0.2) is 0 Å². The molecule has 3 rings (SSSR count). The first-order chi connectivity index (χ1) is 12.6. The van der Waals surface area contributed by atoms with Gasteiger partial charge in [-0.05, 0) is 44.0 Å². The quantitative estimate of drug-likeness (QED) is 0.629. The monoisotopic (exact) mass is 349 g/mol. The third kappa shape index (κ3) is 4.15. The number of hydrogen-bond acceptors (Lipinski definition) is 6. The zero-order valence-corrected chi connectivity index (χ0v) is 15.2. The van der Waals surface area contributed by atoms with E-state index in [4.69, 9.17) is 0 Å². The second kappa shape index (κ2) is 7.93. The zero-order valence-electron chi connectivity index (χ0n) is 15.2. The van der Waals surface area contributed by atoms with Gasteiger partial charge in [0, 0.05) is 35.8 Å². The van der Waals surface area contributed by atoms with Crippen molar-refractivity contribution < 1.29 is 5.11 Å². The number of benzene rings is 1. The van der Waals surface area contributed by atoms with Crippen molar-refractivity contribution in [1.29, 1.82) is 0 Å². The summed E-state index contributed by atoms with van der Waals surface area (Å²) < 4.78 is 0. The second-order valence-corrected chi connectivity index (χ2v) is 6.32. The van der Waals surface area contributed by atoms with Crippen LogP contribution in [0.1, 0.15) is 18.1 Å². The van der Waals surface area contributed by atoms with Crippen LogP contribution in [0.4, 0.5) is 17.5 Å². The number of nitrogens with one attached hydrogen (secondary N) is 2. The lowest BCUT2D eigenvalue weighted by Crippen LogP contribution is -2.21. The van der Waals surface area contributed by atoms with Gasteiger partial charge in [0.25, 0.3) is 0 Å².